The summed E-state index contributed by atoms with van der Waals surface area (Å²) in [5, 5.41) is 18.7. The van der Waals surface area contributed by atoms with Gasteiger partial charge < -0.3 is 10.0 Å². The third-order valence-electron chi connectivity index (χ3n) is 5.65. The van der Waals surface area contributed by atoms with E-state index in [2.05, 4.69) is 6.92 Å². The lowest BCUT2D eigenvalue weighted by Crippen LogP contribution is -3.14. The molecule has 4 rings (SSSR count). The summed E-state index contributed by atoms with van der Waals surface area (Å²) >= 11 is 1.63. The van der Waals surface area contributed by atoms with Crippen molar-refractivity contribution in [3.63, 3.8) is 0 Å². The van der Waals surface area contributed by atoms with Gasteiger partial charge in [0.05, 0.1) is 29.7 Å². The first-order valence-electron chi connectivity index (χ1n) is 9.66. The smallest absolute Gasteiger partial charge is 0.298 e. The molecule has 0 saturated carbocycles. The number of rotatable bonds is 4. The summed E-state index contributed by atoms with van der Waals surface area (Å²) < 4.78 is 0. The Hall–Kier alpha value is -2.18. The van der Waals surface area contributed by atoms with E-state index in [1.165, 1.54) is 17.7 Å². The molecule has 0 radical (unpaired) electrons. The summed E-state index contributed by atoms with van der Waals surface area (Å²) in [6, 6.07) is 11.1. The number of thiophene rings is 1. The number of hydrazone groups is 1. The molecule has 27 heavy (non-hydrogen) atoms. The molecule has 0 aliphatic carbocycles. The summed E-state index contributed by atoms with van der Waals surface area (Å²) in [5.74, 6) is 1.02. The maximum atomic E-state index is 13.1. The van der Waals surface area contributed by atoms with Gasteiger partial charge >= 0.3 is 0 Å². The maximum absolute atomic E-state index is 13.1. The number of likely N-dealkylation sites (tertiary alicyclic amines) is 1. The highest BCUT2D eigenvalue weighted by Gasteiger charge is 2.36. The van der Waals surface area contributed by atoms with Gasteiger partial charge in [-0.15, -0.1) is 11.3 Å². The molecule has 1 aromatic heterocycles. The van der Waals surface area contributed by atoms with Crippen LogP contribution in [0, 0.1) is 5.92 Å². The number of carbonyl (C=O) groups excluding carboxylic acids is 1. The molecule has 6 heteroatoms. The van der Waals surface area contributed by atoms with Gasteiger partial charge in [-0.2, -0.15) is 5.10 Å². The molecule has 5 nitrogen and oxygen atoms in total. The van der Waals surface area contributed by atoms with Crippen LogP contribution in [0.5, 0.6) is 5.75 Å². The number of carbonyl (C=O) groups is 1. The fraction of sp³-hybridized carbons (Fsp3) is 0.429. The molecule has 142 valence electrons. The first kappa shape index (κ1) is 18.2. The SMILES string of the molecule is CC1CC[NH+](CC(=O)N2N=C(c3cccs3)C[C@@H]2c2ccccc2O)CC1. The summed E-state index contributed by atoms with van der Waals surface area (Å²) in [5.41, 5.74) is 1.69. The summed E-state index contributed by atoms with van der Waals surface area (Å²) in [4.78, 5) is 15.6. The molecule has 2 aliphatic heterocycles. The van der Waals surface area contributed by atoms with Crippen LogP contribution in [0.2, 0.25) is 0 Å². The Morgan fingerprint density at radius 2 is 2.04 bits per heavy atom. The number of nitrogens with zero attached hydrogens (tertiary/aromatic N) is 2. The monoisotopic (exact) mass is 384 g/mol. The van der Waals surface area contributed by atoms with E-state index in [4.69, 9.17) is 5.10 Å². The molecule has 1 amide bonds. The van der Waals surface area contributed by atoms with Crippen LogP contribution < -0.4 is 4.90 Å². The summed E-state index contributed by atoms with van der Waals surface area (Å²) in [7, 11) is 0. The Bertz CT molecular complexity index is 826. The van der Waals surface area contributed by atoms with Crippen LogP contribution in [0.4, 0.5) is 0 Å². The quantitative estimate of drug-likeness (QED) is 0.851. The predicted octanol–water partition coefficient (Wildman–Crippen LogP) is 2.45. The van der Waals surface area contributed by atoms with Gasteiger partial charge in [-0.1, -0.05) is 31.2 Å². The van der Waals surface area contributed by atoms with Crippen molar-refractivity contribution < 1.29 is 14.8 Å². The van der Waals surface area contributed by atoms with Gasteiger partial charge in [0.2, 0.25) is 0 Å². The third kappa shape index (κ3) is 3.92. The fourth-order valence-corrected chi connectivity index (χ4v) is 4.71. The van der Waals surface area contributed by atoms with Crippen LogP contribution in [0.25, 0.3) is 0 Å². The highest BCUT2D eigenvalue weighted by molar-refractivity contribution is 7.12. The number of nitrogens with one attached hydrogen (secondary N) is 1. The number of piperidine rings is 1. The van der Waals surface area contributed by atoms with Crippen molar-refractivity contribution in [1.29, 1.82) is 0 Å². The van der Waals surface area contributed by atoms with Crippen molar-refractivity contribution in [2.24, 2.45) is 11.0 Å². The van der Waals surface area contributed by atoms with Crippen LogP contribution in [-0.2, 0) is 4.79 Å². The van der Waals surface area contributed by atoms with Crippen molar-refractivity contribution in [2.45, 2.75) is 32.2 Å². The molecule has 2 aliphatic rings. The van der Waals surface area contributed by atoms with E-state index in [-0.39, 0.29) is 17.7 Å². The second kappa shape index (κ2) is 7.82. The average Bonchev–Trinajstić information content (AvgIpc) is 3.33. The van der Waals surface area contributed by atoms with Crippen LogP contribution in [-0.4, -0.2) is 41.4 Å². The number of para-hydroxylation sites is 1. The lowest BCUT2D eigenvalue weighted by atomic mass is 9.99. The molecule has 2 aromatic rings. The first-order valence-corrected chi connectivity index (χ1v) is 10.5. The number of phenolic OH excluding ortho intramolecular Hbond substituents is 1. The lowest BCUT2D eigenvalue weighted by molar-refractivity contribution is -0.898. The molecule has 1 aromatic carbocycles. The molecular formula is C21H26N3O2S+. The summed E-state index contributed by atoms with van der Waals surface area (Å²) in [6.45, 7) is 4.84. The molecule has 2 N–H and O–H groups in total. The lowest BCUT2D eigenvalue weighted by Gasteiger charge is -2.29. The first-order chi connectivity index (χ1) is 13.1. The van der Waals surface area contributed by atoms with Crippen LogP contribution in [0.15, 0.2) is 46.9 Å². The number of phenols is 1. The number of amides is 1. The topological polar surface area (TPSA) is 57.3 Å². The van der Waals surface area contributed by atoms with Gasteiger partial charge in [0.15, 0.2) is 6.54 Å². The molecule has 1 saturated heterocycles. The highest BCUT2D eigenvalue weighted by atomic mass is 32.1. The van der Waals surface area contributed by atoms with Crippen LogP contribution >= 0.6 is 11.3 Å². The van der Waals surface area contributed by atoms with E-state index in [0.29, 0.717) is 13.0 Å². The van der Waals surface area contributed by atoms with E-state index >= 15 is 0 Å². The molecule has 1 fully saturated rings. The molecular weight excluding hydrogens is 358 g/mol. The van der Waals surface area contributed by atoms with Gasteiger partial charge in [0.25, 0.3) is 5.91 Å². The van der Waals surface area contributed by atoms with Crippen molar-refractivity contribution >= 4 is 23.0 Å². The molecule has 1 atom stereocenters. The Labute approximate surface area is 163 Å². The Balaban J connectivity index is 1.57. The van der Waals surface area contributed by atoms with Gasteiger partial charge in [0, 0.05) is 12.0 Å². The van der Waals surface area contributed by atoms with Crippen LogP contribution in [0.1, 0.15) is 42.7 Å². The average molecular weight is 385 g/mol. The Morgan fingerprint density at radius 1 is 1.26 bits per heavy atom. The van der Waals surface area contributed by atoms with E-state index < -0.39 is 0 Å². The van der Waals surface area contributed by atoms with E-state index in [1.807, 2.05) is 29.6 Å². The number of aromatic hydroxyl groups is 1. The summed E-state index contributed by atoms with van der Waals surface area (Å²) in [6.07, 6.45) is 2.99. The minimum Gasteiger partial charge on any atom is -0.508 e. The molecule has 0 unspecified atom stereocenters. The molecule has 0 spiro atoms. The van der Waals surface area contributed by atoms with E-state index in [1.54, 1.807) is 28.5 Å². The van der Waals surface area contributed by atoms with Crippen molar-refractivity contribution in [3.05, 3.63) is 52.2 Å². The second-order valence-electron chi connectivity index (χ2n) is 7.65. The van der Waals surface area contributed by atoms with Crippen LogP contribution in [0.3, 0.4) is 0 Å². The largest absolute Gasteiger partial charge is 0.508 e. The van der Waals surface area contributed by atoms with Crippen molar-refractivity contribution in [3.8, 4) is 5.75 Å². The van der Waals surface area contributed by atoms with Gasteiger partial charge in [-0.25, -0.2) is 5.01 Å². The highest BCUT2D eigenvalue weighted by Crippen LogP contribution is 2.37. The van der Waals surface area contributed by atoms with E-state index in [0.717, 1.165) is 35.2 Å². The zero-order valence-corrected chi connectivity index (χ0v) is 16.4. The van der Waals surface area contributed by atoms with Gasteiger partial charge in [0.1, 0.15) is 5.75 Å². The fourth-order valence-electron chi connectivity index (χ4n) is 3.99. The standard InChI is InChI=1S/C21H25N3O2S/c1-15-8-10-23(11-9-15)14-21(26)24-18(16-5-2-3-6-19(16)25)13-17(22-24)20-7-4-12-27-20/h2-7,12,15,18,25H,8-11,13-14H2,1H3/p+1/t18-/m1/s1. The zero-order chi connectivity index (χ0) is 18.8. The number of quaternary nitrogens is 1. The number of benzene rings is 1. The zero-order valence-electron chi connectivity index (χ0n) is 15.6. The van der Waals surface area contributed by atoms with Crippen molar-refractivity contribution in [2.75, 3.05) is 19.6 Å². The van der Waals surface area contributed by atoms with Gasteiger partial charge in [-0.3, -0.25) is 4.79 Å². The van der Waals surface area contributed by atoms with Crippen molar-refractivity contribution in [1.82, 2.24) is 5.01 Å². The second-order valence-corrected chi connectivity index (χ2v) is 8.60. The maximum Gasteiger partial charge on any atom is 0.298 e. The normalized spacial score (nSPS) is 25.4. The minimum atomic E-state index is -0.237. The molecule has 3 heterocycles. The van der Waals surface area contributed by atoms with Gasteiger partial charge in [-0.05, 0) is 36.3 Å². The Morgan fingerprint density at radius 3 is 2.74 bits per heavy atom. The predicted molar refractivity (Wildman–Crippen MR) is 107 cm³/mol. The minimum absolute atomic E-state index is 0.0411. The van der Waals surface area contributed by atoms with E-state index in [9.17, 15) is 9.90 Å². The third-order valence-corrected chi connectivity index (χ3v) is 6.57. The molecule has 0 bridgehead atoms. The number of hydrogen-bond acceptors (Lipinski definition) is 4. The Kier molecular flexibility index (Phi) is 5.27. The number of hydrogen-bond donors (Lipinski definition) is 2.